The molecule has 0 bridgehead atoms. The van der Waals surface area contributed by atoms with Crippen molar-refractivity contribution in [2.24, 2.45) is 0 Å². The highest BCUT2D eigenvalue weighted by Gasteiger charge is 2.24. The molecule has 7 heteroatoms. The Balaban J connectivity index is 2.14. The Kier molecular flexibility index (Phi) is 3.92. The number of furan rings is 1. The molecule has 1 N–H and O–H groups in total. The highest BCUT2D eigenvalue weighted by Crippen LogP contribution is 2.31. The molecule has 0 atom stereocenters. The zero-order valence-corrected chi connectivity index (χ0v) is 12.6. The van der Waals surface area contributed by atoms with Crippen molar-refractivity contribution >= 4 is 28.6 Å². The van der Waals surface area contributed by atoms with Gasteiger partial charge in [-0.3, -0.25) is 0 Å². The fourth-order valence-corrected chi connectivity index (χ4v) is 2.28. The van der Waals surface area contributed by atoms with Crippen LogP contribution in [-0.2, 0) is 4.74 Å². The van der Waals surface area contributed by atoms with Crippen molar-refractivity contribution in [3.63, 3.8) is 0 Å². The summed E-state index contributed by atoms with van der Waals surface area (Å²) in [5.41, 5.74) is 0.710. The molecule has 0 unspecified atom stereocenters. The van der Waals surface area contributed by atoms with Crippen LogP contribution < -0.4 is 5.32 Å². The summed E-state index contributed by atoms with van der Waals surface area (Å²) in [6.07, 6.45) is 1.28. The summed E-state index contributed by atoms with van der Waals surface area (Å²) in [6, 6.07) is 6.17. The first-order valence-corrected chi connectivity index (χ1v) is 7.04. The van der Waals surface area contributed by atoms with E-state index in [-0.39, 0.29) is 29.4 Å². The highest BCUT2D eigenvalue weighted by atomic mass is 19.1. The highest BCUT2D eigenvalue weighted by molar-refractivity contribution is 6.08. The minimum absolute atomic E-state index is 0.231. The number of nitrogens with one attached hydrogen (secondary N) is 1. The molecule has 0 aliphatic rings. The first kappa shape index (κ1) is 15.0. The molecule has 6 nitrogen and oxygen atoms in total. The maximum absolute atomic E-state index is 13.8. The molecule has 2 heterocycles. The maximum Gasteiger partial charge on any atom is 0.342 e. The molecular formula is C16H14FN3O3. The van der Waals surface area contributed by atoms with E-state index in [9.17, 15) is 9.18 Å². The number of carbonyl (C=O) groups excluding carboxylic acids is 1. The minimum atomic E-state index is -0.532. The van der Waals surface area contributed by atoms with Crippen molar-refractivity contribution in [3.8, 4) is 0 Å². The van der Waals surface area contributed by atoms with Gasteiger partial charge in [0.2, 0.25) is 5.71 Å². The molecule has 0 amide bonds. The SMILES string of the molecule is CCOC(=O)c1c(C)oc2ncnc(Nc3ccccc3F)c12. The van der Waals surface area contributed by atoms with Crippen molar-refractivity contribution in [2.75, 3.05) is 11.9 Å². The van der Waals surface area contributed by atoms with Gasteiger partial charge in [-0.1, -0.05) is 12.1 Å². The van der Waals surface area contributed by atoms with Gasteiger partial charge in [0, 0.05) is 0 Å². The average molecular weight is 315 g/mol. The van der Waals surface area contributed by atoms with E-state index in [2.05, 4.69) is 15.3 Å². The first-order chi connectivity index (χ1) is 11.1. The van der Waals surface area contributed by atoms with Gasteiger partial charge >= 0.3 is 5.97 Å². The Labute approximate surface area is 131 Å². The van der Waals surface area contributed by atoms with Gasteiger partial charge in [-0.2, -0.15) is 0 Å². The maximum atomic E-state index is 13.8. The van der Waals surface area contributed by atoms with Crippen LogP contribution in [0.3, 0.4) is 0 Å². The van der Waals surface area contributed by atoms with Gasteiger partial charge in [0.25, 0.3) is 0 Å². The van der Waals surface area contributed by atoms with Crippen LogP contribution in [0.5, 0.6) is 0 Å². The van der Waals surface area contributed by atoms with Crippen molar-refractivity contribution < 1.29 is 18.3 Å². The molecule has 1 aromatic carbocycles. The molecule has 3 rings (SSSR count). The second kappa shape index (κ2) is 6.04. The van der Waals surface area contributed by atoms with Gasteiger partial charge < -0.3 is 14.5 Å². The first-order valence-electron chi connectivity index (χ1n) is 7.04. The van der Waals surface area contributed by atoms with Crippen LogP contribution in [0.1, 0.15) is 23.0 Å². The smallest absolute Gasteiger partial charge is 0.342 e. The Morgan fingerprint density at radius 2 is 2.13 bits per heavy atom. The molecule has 23 heavy (non-hydrogen) atoms. The second-order valence-electron chi connectivity index (χ2n) is 4.76. The number of para-hydroxylation sites is 1. The fourth-order valence-electron chi connectivity index (χ4n) is 2.28. The zero-order chi connectivity index (χ0) is 16.4. The Morgan fingerprint density at radius 1 is 1.35 bits per heavy atom. The van der Waals surface area contributed by atoms with E-state index < -0.39 is 11.8 Å². The van der Waals surface area contributed by atoms with Crippen molar-refractivity contribution in [1.29, 1.82) is 0 Å². The monoisotopic (exact) mass is 315 g/mol. The molecule has 0 fully saturated rings. The third-order valence-corrected chi connectivity index (χ3v) is 3.27. The number of anilines is 2. The standard InChI is InChI=1S/C16H14FN3O3/c1-3-22-16(21)12-9(2)23-15-13(12)14(18-8-19-15)20-11-7-5-4-6-10(11)17/h4-8H,3H2,1-2H3,(H,18,19,20). The van der Waals surface area contributed by atoms with E-state index in [0.717, 1.165) is 0 Å². The molecule has 0 aliphatic heterocycles. The summed E-state index contributed by atoms with van der Waals surface area (Å²) in [5, 5.41) is 3.24. The quantitative estimate of drug-likeness (QED) is 0.741. The predicted octanol–water partition coefficient (Wildman–Crippen LogP) is 3.59. The molecule has 3 aromatic rings. The van der Waals surface area contributed by atoms with Crippen LogP contribution in [0.25, 0.3) is 11.1 Å². The topological polar surface area (TPSA) is 77.2 Å². The molecule has 0 radical (unpaired) electrons. The number of ether oxygens (including phenoxy) is 1. The summed E-state index contributed by atoms with van der Waals surface area (Å²) >= 11 is 0. The van der Waals surface area contributed by atoms with Gasteiger partial charge in [0.05, 0.1) is 17.7 Å². The van der Waals surface area contributed by atoms with Gasteiger partial charge in [0.1, 0.15) is 29.3 Å². The van der Waals surface area contributed by atoms with Gasteiger partial charge in [-0.15, -0.1) is 0 Å². The number of rotatable bonds is 4. The minimum Gasteiger partial charge on any atom is -0.462 e. The Bertz CT molecular complexity index is 876. The molecule has 0 aliphatic carbocycles. The number of fused-ring (bicyclic) bond motifs is 1. The molecular weight excluding hydrogens is 301 g/mol. The summed E-state index contributed by atoms with van der Waals surface area (Å²) in [7, 11) is 0. The van der Waals surface area contributed by atoms with E-state index >= 15 is 0 Å². The average Bonchev–Trinajstić information content (AvgIpc) is 2.87. The summed E-state index contributed by atoms with van der Waals surface area (Å²) in [4.78, 5) is 20.3. The number of nitrogens with zero attached hydrogens (tertiary/aromatic N) is 2. The lowest BCUT2D eigenvalue weighted by Gasteiger charge is -2.08. The lowest BCUT2D eigenvalue weighted by molar-refractivity contribution is 0.0526. The van der Waals surface area contributed by atoms with Gasteiger partial charge in [0.15, 0.2) is 0 Å². The number of esters is 1. The molecule has 0 saturated carbocycles. The number of carbonyl (C=O) groups is 1. The van der Waals surface area contributed by atoms with Crippen LogP contribution in [0.4, 0.5) is 15.9 Å². The van der Waals surface area contributed by atoms with E-state index in [1.807, 2.05) is 0 Å². The van der Waals surface area contributed by atoms with E-state index in [4.69, 9.17) is 9.15 Å². The second-order valence-corrected chi connectivity index (χ2v) is 4.76. The number of hydrogen-bond donors (Lipinski definition) is 1. The molecule has 2 aromatic heterocycles. The Morgan fingerprint density at radius 3 is 2.87 bits per heavy atom. The summed E-state index contributed by atoms with van der Waals surface area (Å²) < 4.78 is 24.4. The number of aryl methyl sites for hydroxylation is 1. The molecule has 118 valence electrons. The summed E-state index contributed by atoms with van der Waals surface area (Å²) in [6.45, 7) is 3.58. The van der Waals surface area contributed by atoms with Crippen molar-refractivity contribution in [2.45, 2.75) is 13.8 Å². The normalized spacial score (nSPS) is 10.7. The van der Waals surface area contributed by atoms with E-state index in [1.165, 1.54) is 12.4 Å². The lowest BCUT2D eigenvalue weighted by atomic mass is 10.2. The third kappa shape index (κ3) is 2.73. The number of halogens is 1. The van der Waals surface area contributed by atoms with E-state index in [0.29, 0.717) is 11.1 Å². The summed E-state index contributed by atoms with van der Waals surface area (Å²) in [5.74, 6) is -0.317. The third-order valence-electron chi connectivity index (χ3n) is 3.27. The van der Waals surface area contributed by atoms with Crippen LogP contribution in [0.2, 0.25) is 0 Å². The largest absolute Gasteiger partial charge is 0.462 e. The van der Waals surface area contributed by atoms with Crippen molar-refractivity contribution in [3.05, 3.63) is 47.7 Å². The fraction of sp³-hybridized carbons (Fsp3) is 0.188. The van der Waals surface area contributed by atoms with Crippen LogP contribution in [0, 0.1) is 12.7 Å². The number of hydrogen-bond acceptors (Lipinski definition) is 6. The Hall–Kier alpha value is -2.96. The zero-order valence-electron chi connectivity index (χ0n) is 12.6. The van der Waals surface area contributed by atoms with Crippen LogP contribution in [-0.4, -0.2) is 22.5 Å². The van der Waals surface area contributed by atoms with E-state index in [1.54, 1.807) is 32.0 Å². The van der Waals surface area contributed by atoms with Crippen molar-refractivity contribution in [1.82, 2.24) is 9.97 Å². The molecule has 0 saturated heterocycles. The predicted molar refractivity (Wildman–Crippen MR) is 82.2 cm³/mol. The number of benzene rings is 1. The molecule has 0 spiro atoms. The lowest BCUT2D eigenvalue weighted by Crippen LogP contribution is -2.07. The van der Waals surface area contributed by atoms with Gasteiger partial charge in [-0.05, 0) is 26.0 Å². The van der Waals surface area contributed by atoms with Gasteiger partial charge in [-0.25, -0.2) is 19.2 Å². The van der Waals surface area contributed by atoms with Crippen LogP contribution in [0.15, 0.2) is 35.0 Å². The van der Waals surface area contributed by atoms with Crippen LogP contribution >= 0.6 is 0 Å². The number of aromatic nitrogens is 2.